The molecule has 0 aliphatic carbocycles. The van der Waals surface area contributed by atoms with Gasteiger partial charge < -0.3 is 30.5 Å². The molecule has 0 radical (unpaired) electrons. The summed E-state index contributed by atoms with van der Waals surface area (Å²) in [6.45, 7) is 8.88. The number of hydrogen-bond acceptors (Lipinski definition) is 6. The van der Waals surface area contributed by atoms with E-state index < -0.39 is 18.0 Å². The van der Waals surface area contributed by atoms with Crippen molar-refractivity contribution >= 4 is 23.8 Å². The highest BCUT2D eigenvalue weighted by Crippen LogP contribution is 2.15. The zero-order valence-electron chi connectivity index (χ0n) is 23.4. The van der Waals surface area contributed by atoms with E-state index in [-0.39, 0.29) is 11.8 Å². The van der Waals surface area contributed by atoms with Crippen LogP contribution in [-0.4, -0.2) is 77.7 Å². The van der Waals surface area contributed by atoms with E-state index in [1.807, 2.05) is 43.3 Å². The van der Waals surface area contributed by atoms with Gasteiger partial charge in [0.15, 0.2) is 0 Å². The topological polar surface area (TPSA) is 145 Å². The van der Waals surface area contributed by atoms with Gasteiger partial charge in [-0.05, 0) is 75.5 Å². The number of unbranched alkanes of at least 4 members (excludes halogenated alkanes) is 1. The Hall–Kier alpha value is -3.92. The Morgan fingerprint density at radius 1 is 0.925 bits per heavy atom. The molecule has 1 fully saturated rings. The Bertz CT molecular complexity index is 1070. The molecule has 10 nitrogen and oxygen atoms in total. The van der Waals surface area contributed by atoms with Crippen LogP contribution in [0, 0.1) is 6.92 Å². The van der Waals surface area contributed by atoms with Crippen molar-refractivity contribution in [3.63, 3.8) is 0 Å². The third-order valence-corrected chi connectivity index (χ3v) is 6.40. The smallest absolute Gasteiger partial charge is 0.414 e. The van der Waals surface area contributed by atoms with Gasteiger partial charge in [-0.1, -0.05) is 43.2 Å². The number of ether oxygens (including phenoxy) is 1. The van der Waals surface area contributed by atoms with Crippen molar-refractivity contribution in [2.24, 2.45) is 0 Å². The summed E-state index contributed by atoms with van der Waals surface area (Å²) in [5.74, 6) is -3.22. The molecular weight excluding hydrogens is 514 g/mol. The summed E-state index contributed by atoms with van der Waals surface area (Å²) < 4.78 is 5.90. The predicted octanol–water partition coefficient (Wildman–Crippen LogP) is 3.27. The van der Waals surface area contributed by atoms with E-state index in [1.165, 1.54) is 25.9 Å². The van der Waals surface area contributed by atoms with Crippen LogP contribution in [0.5, 0.6) is 5.75 Å². The summed E-state index contributed by atoms with van der Waals surface area (Å²) in [6, 6.07) is 14.6. The third-order valence-electron chi connectivity index (χ3n) is 6.40. The van der Waals surface area contributed by atoms with Gasteiger partial charge >= 0.3 is 11.9 Å². The fourth-order valence-electron chi connectivity index (χ4n) is 4.11. The van der Waals surface area contributed by atoms with Gasteiger partial charge in [-0.15, -0.1) is 0 Å². The molecular formula is C30H41N3O7. The molecule has 2 aromatic rings. The van der Waals surface area contributed by atoms with Crippen molar-refractivity contribution in [1.82, 2.24) is 15.5 Å². The molecule has 1 heterocycles. The Morgan fingerprint density at radius 3 is 2.12 bits per heavy atom. The minimum Gasteiger partial charge on any atom is -0.494 e. The first-order chi connectivity index (χ1) is 19.2. The maximum atomic E-state index is 12.8. The lowest BCUT2D eigenvalue weighted by Gasteiger charge is -2.19. The standard InChI is InChI=1S/C28H39N3O3.C2H2O4/c1-3-4-16-29-28(33)26(30-27(32)24-12-8-22(2)9-13-24)21-23-10-14-25(15-11-23)34-20-7-19-31-17-5-6-18-31;3-1(4)2(5)6/h8-15,26H,3-7,16-21H2,1-2H3,(H,29,33)(H,30,32);(H,3,4)(H,5,6). The number of rotatable bonds is 13. The summed E-state index contributed by atoms with van der Waals surface area (Å²) in [6.07, 6.45) is 5.97. The van der Waals surface area contributed by atoms with E-state index in [1.54, 1.807) is 12.1 Å². The molecule has 1 aliphatic heterocycles. The molecule has 1 atom stereocenters. The van der Waals surface area contributed by atoms with Gasteiger partial charge in [0.05, 0.1) is 6.61 Å². The molecule has 1 saturated heterocycles. The van der Waals surface area contributed by atoms with Crippen molar-refractivity contribution < 1.29 is 34.1 Å². The Kier molecular flexibility index (Phi) is 14.2. The highest BCUT2D eigenvalue weighted by Gasteiger charge is 2.22. The van der Waals surface area contributed by atoms with Crippen LogP contribution in [0.15, 0.2) is 48.5 Å². The molecule has 40 heavy (non-hydrogen) atoms. The number of aliphatic carboxylic acids is 2. The number of nitrogens with one attached hydrogen (secondary N) is 2. The molecule has 1 unspecified atom stereocenters. The Balaban J connectivity index is 0.000000840. The number of carbonyl (C=O) groups excluding carboxylic acids is 2. The van der Waals surface area contributed by atoms with Gasteiger partial charge in [-0.25, -0.2) is 9.59 Å². The van der Waals surface area contributed by atoms with E-state index in [0.717, 1.165) is 42.7 Å². The van der Waals surface area contributed by atoms with Gasteiger partial charge in [0, 0.05) is 25.1 Å². The van der Waals surface area contributed by atoms with Crippen LogP contribution in [0.1, 0.15) is 60.5 Å². The zero-order chi connectivity index (χ0) is 29.3. The van der Waals surface area contributed by atoms with Gasteiger partial charge in [0.2, 0.25) is 5.91 Å². The first-order valence-corrected chi connectivity index (χ1v) is 13.7. The van der Waals surface area contributed by atoms with E-state index in [0.29, 0.717) is 25.1 Å². The largest absolute Gasteiger partial charge is 0.494 e. The zero-order valence-corrected chi connectivity index (χ0v) is 23.4. The van der Waals surface area contributed by atoms with E-state index >= 15 is 0 Å². The number of likely N-dealkylation sites (tertiary alicyclic amines) is 1. The number of nitrogens with zero attached hydrogens (tertiary/aromatic N) is 1. The lowest BCUT2D eigenvalue weighted by atomic mass is 10.0. The van der Waals surface area contributed by atoms with Crippen molar-refractivity contribution in [3.05, 3.63) is 65.2 Å². The molecule has 0 aromatic heterocycles. The van der Waals surface area contributed by atoms with Gasteiger partial charge in [-0.2, -0.15) is 0 Å². The van der Waals surface area contributed by atoms with Crippen molar-refractivity contribution in [1.29, 1.82) is 0 Å². The fourth-order valence-corrected chi connectivity index (χ4v) is 4.11. The number of carboxylic acid groups (broad SMARTS) is 2. The minimum atomic E-state index is -1.82. The second-order valence-corrected chi connectivity index (χ2v) is 9.75. The number of carbonyl (C=O) groups is 4. The highest BCUT2D eigenvalue weighted by molar-refractivity contribution is 6.27. The first-order valence-electron chi connectivity index (χ1n) is 13.7. The number of carboxylic acids is 2. The van der Waals surface area contributed by atoms with Gasteiger partial charge in [0.25, 0.3) is 5.91 Å². The van der Waals surface area contributed by atoms with E-state index in [9.17, 15) is 9.59 Å². The van der Waals surface area contributed by atoms with E-state index in [4.69, 9.17) is 24.5 Å². The van der Waals surface area contributed by atoms with Crippen LogP contribution in [0.3, 0.4) is 0 Å². The first kappa shape index (κ1) is 32.3. The number of hydrogen-bond donors (Lipinski definition) is 4. The third kappa shape index (κ3) is 12.3. The number of aryl methyl sites for hydroxylation is 1. The van der Waals surface area contributed by atoms with Crippen LogP contribution < -0.4 is 15.4 Å². The molecule has 2 amide bonds. The van der Waals surface area contributed by atoms with Crippen LogP contribution in [0.2, 0.25) is 0 Å². The van der Waals surface area contributed by atoms with Crippen LogP contribution in [-0.2, 0) is 20.8 Å². The summed E-state index contributed by atoms with van der Waals surface area (Å²) >= 11 is 0. The molecule has 0 bridgehead atoms. The lowest BCUT2D eigenvalue weighted by Crippen LogP contribution is -2.48. The maximum Gasteiger partial charge on any atom is 0.414 e. The minimum absolute atomic E-state index is 0.156. The maximum absolute atomic E-state index is 12.8. The average Bonchev–Trinajstić information content (AvgIpc) is 3.46. The molecule has 0 spiro atoms. The SMILES string of the molecule is CCCCNC(=O)C(Cc1ccc(OCCCN2CCCC2)cc1)NC(=O)c1ccc(C)cc1.O=C(O)C(=O)O. The summed E-state index contributed by atoms with van der Waals surface area (Å²) in [5, 5.41) is 20.7. The van der Waals surface area contributed by atoms with Crippen LogP contribution >= 0.6 is 0 Å². The number of benzene rings is 2. The van der Waals surface area contributed by atoms with Gasteiger partial charge in [0.1, 0.15) is 11.8 Å². The molecule has 4 N–H and O–H groups in total. The molecule has 0 saturated carbocycles. The summed E-state index contributed by atoms with van der Waals surface area (Å²) in [7, 11) is 0. The Morgan fingerprint density at radius 2 is 1.55 bits per heavy atom. The monoisotopic (exact) mass is 555 g/mol. The number of amides is 2. The van der Waals surface area contributed by atoms with Crippen molar-refractivity contribution in [2.45, 2.75) is 58.4 Å². The van der Waals surface area contributed by atoms with Gasteiger partial charge in [-0.3, -0.25) is 9.59 Å². The highest BCUT2D eigenvalue weighted by atomic mass is 16.5. The lowest BCUT2D eigenvalue weighted by molar-refractivity contribution is -0.159. The molecule has 3 rings (SSSR count). The Labute approximate surface area is 235 Å². The second kappa shape index (κ2) is 17.6. The molecule has 2 aromatic carbocycles. The predicted molar refractivity (Wildman–Crippen MR) is 152 cm³/mol. The average molecular weight is 556 g/mol. The van der Waals surface area contributed by atoms with E-state index in [2.05, 4.69) is 22.5 Å². The quantitative estimate of drug-likeness (QED) is 0.218. The summed E-state index contributed by atoms with van der Waals surface area (Å²) in [4.78, 5) is 46.3. The normalized spacial score (nSPS) is 13.4. The van der Waals surface area contributed by atoms with Crippen LogP contribution in [0.25, 0.3) is 0 Å². The van der Waals surface area contributed by atoms with Crippen LogP contribution in [0.4, 0.5) is 0 Å². The van der Waals surface area contributed by atoms with Crippen molar-refractivity contribution in [3.8, 4) is 5.75 Å². The molecule has 10 heteroatoms. The fraction of sp³-hybridized carbons (Fsp3) is 0.467. The molecule has 1 aliphatic rings. The summed E-state index contributed by atoms with van der Waals surface area (Å²) in [5.41, 5.74) is 2.61. The second-order valence-electron chi connectivity index (χ2n) is 9.75. The molecule has 218 valence electrons. The van der Waals surface area contributed by atoms with Crippen molar-refractivity contribution in [2.75, 3.05) is 32.8 Å².